The molecule has 3 fully saturated rings. The minimum atomic E-state index is -1.19. The lowest BCUT2D eigenvalue weighted by molar-refractivity contribution is -0.209. The molecule has 0 aromatic heterocycles. The Morgan fingerprint density at radius 2 is 0.553 bits per heavy atom. The molecule has 3 aromatic rings. The van der Waals surface area contributed by atoms with Crippen molar-refractivity contribution in [3.05, 3.63) is 53.1 Å². The molecular weight excluding hydrogens is 1010 g/mol. The minimum Gasteiger partial charge on any atom is -0.493 e. The first-order valence-corrected chi connectivity index (χ1v) is 24.4. The van der Waals surface area contributed by atoms with Crippen LogP contribution in [0.3, 0.4) is 0 Å². The predicted molar refractivity (Wildman–Crippen MR) is 258 cm³/mol. The molecule has 3 saturated carbocycles. The third-order valence-corrected chi connectivity index (χ3v) is 13.9. The van der Waals surface area contributed by atoms with Gasteiger partial charge in [0.25, 0.3) is 0 Å². The lowest BCUT2D eigenvalue weighted by Gasteiger charge is -2.45. The van der Waals surface area contributed by atoms with Gasteiger partial charge in [-0.15, -0.1) is 0 Å². The van der Waals surface area contributed by atoms with Gasteiger partial charge in [0, 0.05) is 0 Å². The van der Waals surface area contributed by atoms with Crippen LogP contribution in [0.1, 0.15) is 108 Å². The Morgan fingerprint density at radius 1 is 0.316 bits per heavy atom. The fourth-order valence-electron chi connectivity index (χ4n) is 10.5. The van der Waals surface area contributed by atoms with Crippen LogP contribution in [0.25, 0.3) is 0 Å². The van der Waals surface area contributed by atoms with Crippen LogP contribution in [0.4, 0.5) is 14.4 Å². The molecule has 0 aliphatic heterocycles. The van der Waals surface area contributed by atoms with Gasteiger partial charge in [-0.05, 0) is 137 Å². The van der Waals surface area contributed by atoms with Crippen molar-refractivity contribution in [3.8, 4) is 51.7 Å². The SMILES string of the molecule is COc1ccc(C(=O)OOC(=O)OC2CCC(C(C3CCC(OC(=O)OOC(=O)c4ccc(OC)c(OC)c4OC)CC3)C3CCC(OC(=O)OOC(=O)c4ccc(OC)c(OC)c4OC)CC3)CC2)c(OC)c1OC. The second-order valence-corrected chi connectivity index (χ2v) is 17.8. The molecule has 0 heterocycles. The standard InChI is InChI=1S/C52H64O24/c1-59-37-25-22-34(41(62-4)44(37)65-7)47(53)71-74-50(56)68-31-16-10-28(11-17-31)40(29-12-18-32(19-13-29)69-51(57)75-72-48(54)35-23-26-38(60-2)45(66-8)42(35)63-5)30-14-20-33(21-15-30)70-52(58)76-73-49(55)36-24-27-39(61-3)46(67-9)43(36)64-6/h22-33,40H,10-21H2,1-9H3. The van der Waals surface area contributed by atoms with E-state index in [4.69, 9.17) is 86.2 Å². The molecule has 0 N–H and O–H groups in total. The van der Waals surface area contributed by atoms with Gasteiger partial charge in [-0.3, -0.25) is 0 Å². The van der Waals surface area contributed by atoms with Gasteiger partial charge in [0.1, 0.15) is 35.0 Å². The van der Waals surface area contributed by atoms with E-state index in [0.29, 0.717) is 94.3 Å². The first-order chi connectivity index (χ1) is 36.7. The van der Waals surface area contributed by atoms with E-state index in [1.165, 1.54) is 100 Å². The Kier molecular flexibility index (Phi) is 20.8. The Bertz CT molecular complexity index is 2220. The summed E-state index contributed by atoms with van der Waals surface area (Å²) in [4.78, 5) is 106. The van der Waals surface area contributed by atoms with Crippen molar-refractivity contribution < 1.29 is 115 Å². The molecule has 0 unspecified atom stereocenters. The number of benzene rings is 3. The highest BCUT2D eigenvalue weighted by Crippen LogP contribution is 2.49. The molecule has 0 radical (unpaired) electrons. The highest BCUT2D eigenvalue weighted by molar-refractivity contribution is 5.95. The van der Waals surface area contributed by atoms with Crippen LogP contribution in [0, 0.1) is 23.7 Å². The van der Waals surface area contributed by atoms with E-state index in [-0.39, 0.29) is 74.9 Å². The third-order valence-electron chi connectivity index (χ3n) is 13.9. The van der Waals surface area contributed by atoms with Crippen LogP contribution in [0.15, 0.2) is 36.4 Å². The monoisotopic (exact) mass is 1070 g/mol. The molecule has 0 spiro atoms. The maximum absolute atomic E-state index is 12.9. The Balaban J connectivity index is 1.04. The van der Waals surface area contributed by atoms with Crippen LogP contribution in [0.2, 0.25) is 0 Å². The number of carbonyl (C=O) groups is 6. The Hall–Kier alpha value is -7.92. The van der Waals surface area contributed by atoms with Crippen LogP contribution in [-0.4, -0.2) is 119 Å². The van der Waals surface area contributed by atoms with E-state index in [1.807, 2.05) is 0 Å². The zero-order chi connectivity index (χ0) is 54.9. The van der Waals surface area contributed by atoms with E-state index >= 15 is 0 Å². The topological polar surface area (TPSA) is 269 Å². The number of hydrogen-bond donors (Lipinski definition) is 0. The number of methoxy groups -OCH3 is 9. The number of carbonyl (C=O) groups excluding carboxylic acids is 6. The molecule has 0 amide bonds. The van der Waals surface area contributed by atoms with E-state index in [2.05, 4.69) is 0 Å². The highest BCUT2D eigenvalue weighted by Gasteiger charge is 2.42. The van der Waals surface area contributed by atoms with Gasteiger partial charge in [-0.1, -0.05) is 0 Å². The maximum atomic E-state index is 12.9. The third kappa shape index (κ3) is 13.9. The van der Waals surface area contributed by atoms with Crippen LogP contribution < -0.4 is 42.6 Å². The lowest BCUT2D eigenvalue weighted by atomic mass is 9.61. The van der Waals surface area contributed by atoms with Gasteiger partial charge in [0.15, 0.2) is 34.5 Å². The zero-order valence-electron chi connectivity index (χ0n) is 43.8. The van der Waals surface area contributed by atoms with Crippen LogP contribution >= 0.6 is 0 Å². The van der Waals surface area contributed by atoms with Crippen LogP contribution in [-0.2, 0) is 43.5 Å². The summed E-state index contributed by atoms with van der Waals surface area (Å²) < 4.78 is 64.5. The Morgan fingerprint density at radius 3 is 0.763 bits per heavy atom. The molecule has 24 nitrogen and oxygen atoms in total. The second kappa shape index (κ2) is 27.6. The summed E-state index contributed by atoms with van der Waals surface area (Å²) >= 11 is 0. The molecule has 24 heteroatoms. The molecule has 416 valence electrons. The molecule has 3 aliphatic carbocycles. The van der Waals surface area contributed by atoms with Gasteiger partial charge in [-0.25, -0.2) is 43.7 Å². The maximum Gasteiger partial charge on any atom is 0.550 e. The lowest BCUT2D eigenvalue weighted by Crippen LogP contribution is -2.39. The minimum absolute atomic E-state index is 0.0175. The highest BCUT2D eigenvalue weighted by atomic mass is 17.2. The summed E-state index contributed by atoms with van der Waals surface area (Å²) in [7, 11) is 12.4. The predicted octanol–water partition coefficient (Wildman–Crippen LogP) is 9.13. The van der Waals surface area contributed by atoms with Gasteiger partial charge in [-0.2, -0.15) is 14.4 Å². The van der Waals surface area contributed by atoms with Crippen molar-refractivity contribution in [2.75, 3.05) is 64.0 Å². The molecule has 0 saturated heterocycles. The average molecular weight is 1070 g/mol. The molecule has 6 rings (SSSR count). The van der Waals surface area contributed by atoms with Crippen molar-refractivity contribution in [2.45, 2.75) is 95.4 Å². The fraction of sp³-hybridized carbons (Fsp3) is 0.538. The number of hydrogen-bond acceptors (Lipinski definition) is 24. The fourth-order valence-corrected chi connectivity index (χ4v) is 10.5. The van der Waals surface area contributed by atoms with Crippen molar-refractivity contribution >= 4 is 36.4 Å². The summed E-state index contributed by atoms with van der Waals surface area (Å²) in [6.45, 7) is 0. The molecule has 0 bridgehead atoms. The first kappa shape index (κ1) is 57.4. The summed E-state index contributed by atoms with van der Waals surface area (Å²) in [6, 6.07) is 8.53. The normalized spacial score (nSPS) is 20.3. The van der Waals surface area contributed by atoms with Crippen molar-refractivity contribution in [2.24, 2.45) is 23.7 Å². The first-order valence-electron chi connectivity index (χ1n) is 24.4. The summed E-state index contributed by atoms with van der Waals surface area (Å²) in [6.07, 6.45) is 2.09. The van der Waals surface area contributed by atoms with E-state index < -0.39 is 54.7 Å². The molecule has 3 aromatic carbocycles. The largest absolute Gasteiger partial charge is 0.550 e. The van der Waals surface area contributed by atoms with Crippen molar-refractivity contribution in [3.63, 3.8) is 0 Å². The zero-order valence-corrected chi connectivity index (χ0v) is 43.8. The van der Waals surface area contributed by atoms with Crippen molar-refractivity contribution in [1.29, 1.82) is 0 Å². The molecule has 0 atom stereocenters. The molecular formula is C52H64O24. The van der Waals surface area contributed by atoms with Gasteiger partial charge in [0.05, 0.1) is 64.0 Å². The van der Waals surface area contributed by atoms with Gasteiger partial charge in [0.2, 0.25) is 17.2 Å². The molecule has 76 heavy (non-hydrogen) atoms. The quantitative estimate of drug-likeness (QED) is 0.0497. The summed E-state index contributed by atoms with van der Waals surface area (Å²) in [5.74, 6) is -0.891. The second-order valence-electron chi connectivity index (χ2n) is 17.8. The summed E-state index contributed by atoms with van der Waals surface area (Å²) in [5.41, 5.74) is -0.238. The van der Waals surface area contributed by atoms with Crippen LogP contribution in [0.5, 0.6) is 51.7 Å². The van der Waals surface area contributed by atoms with Crippen molar-refractivity contribution in [1.82, 2.24) is 0 Å². The van der Waals surface area contributed by atoms with Gasteiger partial charge < -0.3 is 56.8 Å². The van der Waals surface area contributed by atoms with E-state index in [9.17, 15) is 28.8 Å². The smallest absolute Gasteiger partial charge is 0.493 e. The average Bonchev–Trinajstić information content (AvgIpc) is 3.45. The van der Waals surface area contributed by atoms with E-state index in [1.54, 1.807) is 0 Å². The van der Waals surface area contributed by atoms with E-state index in [0.717, 1.165) is 0 Å². The Labute approximate surface area is 438 Å². The number of ether oxygens (including phenoxy) is 12. The number of rotatable bonds is 18. The molecule has 3 aliphatic rings. The summed E-state index contributed by atoms with van der Waals surface area (Å²) in [5, 5.41) is 0. The van der Waals surface area contributed by atoms with Gasteiger partial charge >= 0.3 is 36.4 Å².